The fourth-order valence-electron chi connectivity index (χ4n) is 1.31. The smallest absolute Gasteiger partial charge is 0.404 e. The van der Waals surface area contributed by atoms with Crippen molar-refractivity contribution >= 4 is 11.9 Å². The fourth-order valence-corrected chi connectivity index (χ4v) is 1.31. The molecular formula is C12H15NO5. The highest BCUT2D eigenvalue weighted by atomic mass is 16.7. The number of hydrogen-bond acceptors (Lipinski definition) is 4. The molecule has 0 spiro atoms. The third kappa shape index (κ3) is 4.84. The SMILES string of the molecule is COCOc1cccc(C(=O)CCNC(=O)O)c1. The lowest BCUT2D eigenvalue weighted by Crippen LogP contribution is -2.23. The van der Waals surface area contributed by atoms with Crippen LogP contribution >= 0.6 is 0 Å². The quantitative estimate of drug-likeness (QED) is 0.568. The number of carboxylic acid groups (broad SMARTS) is 1. The van der Waals surface area contributed by atoms with Crippen LogP contribution in [0.25, 0.3) is 0 Å². The van der Waals surface area contributed by atoms with E-state index in [-0.39, 0.29) is 25.5 Å². The molecule has 0 aliphatic rings. The van der Waals surface area contributed by atoms with Gasteiger partial charge in [-0.15, -0.1) is 0 Å². The lowest BCUT2D eigenvalue weighted by Gasteiger charge is -2.06. The number of Topliss-reactive ketones (excluding diaryl/α,β-unsaturated/α-hetero) is 1. The van der Waals surface area contributed by atoms with Crippen LogP contribution in [-0.2, 0) is 4.74 Å². The Labute approximate surface area is 105 Å². The summed E-state index contributed by atoms with van der Waals surface area (Å²) in [6.45, 7) is 0.204. The van der Waals surface area contributed by atoms with Gasteiger partial charge in [0, 0.05) is 25.6 Å². The number of amides is 1. The molecule has 1 amide bonds. The first-order valence-electron chi connectivity index (χ1n) is 5.35. The molecule has 0 fully saturated rings. The van der Waals surface area contributed by atoms with Gasteiger partial charge in [0.2, 0.25) is 0 Å². The van der Waals surface area contributed by atoms with Gasteiger partial charge in [-0.25, -0.2) is 4.79 Å². The van der Waals surface area contributed by atoms with Gasteiger partial charge in [-0.3, -0.25) is 4.79 Å². The van der Waals surface area contributed by atoms with Crippen molar-refractivity contribution < 1.29 is 24.2 Å². The molecule has 0 aliphatic heterocycles. The minimum atomic E-state index is -1.14. The van der Waals surface area contributed by atoms with Gasteiger partial charge in [0.15, 0.2) is 12.6 Å². The molecule has 0 aromatic heterocycles. The van der Waals surface area contributed by atoms with Crippen LogP contribution in [-0.4, -0.2) is 37.4 Å². The van der Waals surface area contributed by atoms with E-state index in [4.69, 9.17) is 14.6 Å². The Morgan fingerprint density at radius 3 is 2.83 bits per heavy atom. The molecule has 0 unspecified atom stereocenters. The molecule has 18 heavy (non-hydrogen) atoms. The number of carbonyl (C=O) groups excluding carboxylic acids is 1. The van der Waals surface area contributed by atoms with E-state index in [2.05, 4.69) is 5.32 Å². The molecule has 0 bridgehead atoms. The minimum absolute atomic E-state index is 0.0946. The van der Waals surface area contributed by atoms with Gasteiger partial charge in [0.25, 0.3) is 0 Å². The molecule has 1 aromatic carbocycles. The zero-order valence-corrected chi connectivity index (χ0v) is 10.0. The highest BCUT2D eigenvalue weighted by Crippen LogP contribution is 2.14. The Bertz CT molecular complexity index is 419. The Morgan fingerprint density at radius 2 is 2.17 bits per heavy atom. The van der Waals surface area contributed by atoms with Crippen LogP contribution in [0.15, 0.2) is 24.3 Å². The van der Waals surface area contributed by atoms with E-state index in [1.54, 1.807) is 24.3 Å². The van der Waals surface area contributed by atoms with E-state index in [0.29, 0.717) is 11.3 Å². The number of nitrogens with one attached hydrogen (secondary N) is 1. The number of hydrogen-bond donors (Lipinski definition) is 2. The molecule has 6 heteroatoms. The van der Waals surface area contributed by atoms with Crippen molar-refractivity contribution in [3.63, 3.8) is 0 Å². The van der Waals surface area contributed by atoms with E-state index in [1.165, 1.54) is 7.11 Å². The summed E-state index contributed by atoms with van der Waals surface area (Å²) in [5, 5.41) is 10.5. The maximum Gasteiger partial charge on any atom is 0.404 e. The number of ether oxygens (including phenoxy) is 2. The molecule has 6 nitrogen and oxygen atoms in total. The zero-order valence-electron chi connectivity index (χ0n) is 10.0. The molecule has 0 atom stereocenters. The Hall–Kier alpha value is -2.08. The predicted molar refractivity (Wildman–Crippen MR) is 63.9 cm³/mol. The van der Waals surface area contributed by atoms with Crippen molar-refractivity contribution in [3.8, 4) is 5.75 Å². The summed E-state index contributed by atoms with van der Waals surface area (Å²) in [5.41, 5.74) is 0.482. The lowest BCUT2D eigenvalue weighted by atomic mass is 10.1. The topological polar surface area (TPSA) is 84.9 Å². The van der Waals surface area contributed by atoms with Crippen LogP contribution in [0.5, 0.6) is 5.75 Å². The number of rotatable bonds is 7. The third-order valence-electron chi connectivity index (χ3n) is 2.13. The number of methoxy groups -OCH3 is 1. The van der Waals surface area contributed by atoms with Crippen LogP contribution in [0.2, 0.25) is 0 Å². The number of benzene rings is 1. The van der Waals surface area contributed by atoms with Crippen molar-refractivity contribution in [1.29, 1.82) is 0 Å². The van der Waals surface area contributed by atoms with Gasteiger partial charge in [-0.05, 0) is 12.1 Å². The maximum atomic E-state index is 11.7. The van der Waals surface area contributed by atoms with Crippen LogP contribution in [0, 0.1) is 0 Å². The van der Waals surface area contributed by atoms with Gasteiger partial charge in [0.1, 0.15) is 5.75 Å². The highest BCUT2D eigenvalue weighted by Gasteiger charge is 2.07. The average molecular weight is 253 g/mol. The summed E-state index contributed by atoms with van der Waals surface area (Å²) in [4.78, 5) is 22.0. The van der Waals surface area contributed by atoms with Gasteiger partial charge in [0.05, 0.1) is 0 Å². The summed E-state index contributed by atoms with van der Waals surface area (Å²) in [6, 6.07) is 6.67. The van der Waals surface area contributed by atoms with Gasteiger partial charge < -0.3 is 19.9 Å². The normalized spacial score (nSPS) is 9.83. The fraction of sp³-hybridized carbons (Fsp3) is 0.333. The molecule has 2 N–H and O–H groups in total. The predicted octanol–water partition coefficient (Wildman–Crippen LogP) is 1.51. The summed E-state index contributed by atoms with van der Waals surface area (Å²) in [6.07, 6.45) is -1.03. The molecule has 1 rings (SSSR count). The molecule has 0 radical (unpaired) electrons. The maximum absolute atomic E-state index is 11.7. The van der Waals surface area contributed by atoms with Crippen LogP contribution in [0.4, 0.5) is 4.79 Å². The van der Waals surface area contributed by atoms with E-state index in [1.807, 2.05) is 0 Å². The largest absolute Gasteiger partial charge is 0.468 e. The van der Waals surface area contributed by atoms with E-state index >= 15 is 0 Å². The van der Waals surface area contributed by atoms with Crippen molar-refractivity contribution in [3.05, 3.63) is 29.8 Å². The van der Waals surface area contributed by atoms with Crippen molar-refractivity contribution in [2.24, 2.45) is 0 Å². The standard InChI is InChI=1S/C12H15NO5/c1-17-8-18-10-4-2-3-9(7-10)11(14)5-6-13-12(15)16/h2-4,7,13H,5-6,8H2,1H3,(H,15,16). The van der Waals surface area contributed by atoms with Gasteiger partial charge in [-0.2, -0.15) is 0 Å². The summed E-state index contributed by atoms with van der Waals surface area (Å²) >= 11 is 0. The first kappa shape index (κ1) is 14.0. The lowest BCUT2D eigenvalue weighted by molar-refractivity contribution is 0.0510. The third-order valence-corrected chi connectivity index (χ3v) is 2.13. The zero-order chi connectivity index (χ0) is 13.4. The Morgan fingerprint density at radius 1 is 1.39 bits per heavy atom. The second kappa shape index (κ2) is 7.29. The van der Waals surface area contributed by atoms with Gasteiger partial charge in [-0.1, -0.05) is 12.1 Å². The molecule has 98 valence electrons. The van der Waals surface area contributed by atoms with Crippen molar-refractivity contribution in [1.82, 2.24) is 5.32 Å². The molecule has 1 aromatic rings. The van der Waals surface area contributed by atoms with E-state index in [9.17, 15) is 9.59 Å². The highest BCUT2D eigenvalue weighted by molar-refractivity contribution is 5.96. The summed E-state index contributed by atoms with van der Waals surface area (Å²) < 4.78 is 9.96. The first-order chi connectivity index (χ1) is 8.63. The average Bonchev–Trinajstić information content (AvgIpc) is 2.36. The summed E-state index contributed by atoms with van der Waals surface area (Å²) in [7, 11) is 1.51. The monoisotopic (exact) mass is 253 g/mol. The van der Waals surface area contributed by atoms with Crippen LogP contribution in [0.1, 0.15) is 16.8 Å². The minimum Gasteiger partial charge on any atom is -0.468 e. The molecule has 0 aliphatic carbocycles. The van der Waals surface area contributed by atoms with Crippen LogP contribution < -0.4 is 10.1 Å². The number of carbonyl (C=O) groups is 2. The number of ketones is 1. The molecule has 0 heterocycles. The van der Waals surface area contributed by atoms with Crippen LogP contribution in [0.3, 0.4) is 0 Å². The Kier molecular flexibility index (Phi) is 5.66. The van der Waals surface area contributed by atoms with Gasteiger partial charge >= 0.3 is 6.09 Å². The Balaban J connectivity index is 2.54. The molecular weight excluding hydrogens is 238 g/mol. The van der Waals surface area contributed by atoms with Crippen molar-refractivity contribution in [2.75, 3.05) is 20.4 Å². The summed E-state index contributed by atoms with van der Waals surface area (Å²) in [5.74, 6) is 0.389. The first-order valence-corrected chi connectivity index (χ1v) is 5.35. The van der Waals surface area contributed by atoms with E-state index in [0.717, 1.165) is 0 Å². The molecule has 0 saturated carbocycles. The van der Waals surface area contributed by atoms with Crippen molar-refractivity contribution in [2.45, 2.75) is 6.42 Å². The second-order valence-electron chi connectivity index (χ2n) is 3.48. The molecule has 0 saturated heterocycles. The second-order valence-corrected chi connectivity index (χ2v) is 3.48. The van der Waals surface area contributed by atoms with E-state index < -0.39 is 6.09 Å².